The maximum Gasteiger partial charge on any atom is 0.198 e. The normalized spacial score (nSPS) is 17.4. The van der Waals surface area contributed by atoms with Gasteiger partial charge in [-0.3, -0.25) is 0 Å². The molecule has 3 N–H and O–H groups in total. The van der Waals surface area contributed by atoms with Crippen LogP contribution in [0.15, 0.2) is 5.16 Å². The van der Waals surface area contributed by atoms with E-state index in [0.717, 1.165) is 13.0 Å². The Morgan fingerprint density at radius 1 is 1.46 bits per heavy atom. The van der Waals surface area contributed by atoms with Crippen molar-refractivity contribution in [3.05, 3.63) is 0 Å². The van der Waals surface area contributed by atoms with E-state index in [-0.39, 0.29) is 0 Å². The average Bonchev–Trinajstić information content (AvgIpc) is 2.32. The molecule has 2 heterocycles. The zero-order chi connectivity index (χ0) is 9.94. The molecule has 0 saturated carbocycles. The molecule has 2 aliphatic heterocycles. The lowest BCUT2D eigenvalue weighted by atomic mass is 10.3. The van der Waals surface area contributed by atoms with Gasteiger partial charge in [-0.1, -0.05) is 5.16 Å². The van der Waals surface area contributed by atoms with E-state index >= 15 is 0 Å². The molecule has 0 aromatic heterocycles. The summed E-state index contributed by atoms with van der Waals surface area (Å²) in [5.41, 5.74) is 0. The van der Waals surface area contributed by atoms with Crippen LogP contribution in [0.3, 0.4) is 0 Å². The van der Waals surface area contributed by atoms with Gasteiger partial charge in [0, 0.05) is 12.6 Å². The zero-order valence-corrected chi connectivity index (χ0v) is 8.20. The van der Waals surface area contributed by atoms with E-state index < -0.39 is 10.9 Å². The van der Waals surface area contributed by atoms with Crippen molar-refractivity contribution < 1.29 is 13.3 Å². The van der Waals surface area contributed by atoms with Crippen molar-refractivity contribution in [2.75, 3.05) is 19.7 Å². The molecule has 13 heavy (non-hydrogen) atoms. The molecular formula is C6H15N3O3S. The van der Waals surface area contributed by atoms with Crippen molar-refractivity contribution in [2.45, 2.75) is 12.8 Å². The standard InChI is InChI=1S/C3H5NO.C3H7N.H3NO2S/c1-2-4-5-3-1;1-2-4-3-1;1-4(2)3/h2H,1,3H2;4H,1-3H2;4H,(H2,1,2,3). The Labute approximate surface area is 79.2 Å². The largest absolute Gasteiger partial charge is 0.396 e. The highest BCUT2D eigenvalue weighted by atomic mass is 32.2. The van der Waals surface area contributed by atoms with E-state index in [1.165, 1.54) is 19.5 Å². The third-order valence-corrected chi connectivity index (χ3v) is 1.19. The monoisotopic (exact) mass is 209 g/mol. The Bertz CT molecular complexity index is 183. The topological polar surface area (TPSA) is 93.8 Å². The number of nitrogens with zero attached hydrogens (tertiary/aromatic N) is 1. The van der Waals surface area contributed by atoms with Crippen LogP contribution in [-0.2, 0) is 15.7 Å². The van der Waals surface area contributed by atoms with Crippen molar-refractivity contribution in [3.8, 4) is 0 Å². The molecule has 0 bridgehead atoms. The van der Waals surface area contributed by atoms with E-state index in [2.05, 4.69) is 20.4 Å². The fraction of sp³-hybridized carbons (Fsp3) is 0.833. The molecule has 0 aromatic rings. The van der Waals surface area contributed by atoms with Crippen molar-refractivity contribution in [1.29, 1.82) is 0 Å². The molecule has 0 amide bonds. The van der Waals surface area contributed by atoms with Gasteiger partial charge in [-0.25, -0.2) is 13.6 Å². The van der Waals surface area contributed by atoms with E-state index in [1.54, 1.807) is 6.21 Å². The first-order valence-electron chi connectivity index (χ1n) is 3.97. The Balaban J connectivity index is 0.000000168. The highest BCUT2D eigenvalue weighted by Crippen LogP contribution is 1.86. The maximum atomic E-state index is 8.81. The number of nitrogens with two attached hydrogens (primary N) is 1. The van der Waals surface area contributed by atoms with Crippen LogP contribution in [0.2, 0.25) is 0 Å². The Kier molecular flexibility index (Phi) is 8.95. The lowest BCUT2D eigenvalue weighted by molar-refractivity contribution is 0.174. The summed E-state index contributed by atoms with van der Waals surface area (Å²) in [4.78, 5) is 4.51. The smallest absolute Gasteiger partial charge is 0.198 e. The molecule has 0 unspecified atom stereocenters. The Morgan fingerprint density at radius 3 is 2.00 bits per heavy atom. The van der Waals surface area contributed by atoms with Gasteiger partial charge in [-0.05, 0) is 19.5 Å². The molecule has 0 atom stereocenters. The minimum Gasteiger partial charge on any atom is -0.396 e. The van der Waals surface area contributed by atoms with Gasteiger partial charge in [0.25, 0.3) is 0 Å². The molecule has 0 spiro atoms. The number of rotatable bonds is 0. The van der Waals surface area contributed by atoms with Crippen LogP contribution in [0.4, 0.5) is 0 Å². The second-order valence-electron chi connectivity index (χ2n) is 2.30. The van der Waals surface area contributed by atoms with Crippen molar-refractivity contribution in [2.24, 2.45) is 10.3 Å². The van der Waals surface area contributed by atoms with Crippen molar-refractivity contribution >= 4 is 17.1 Å². The maximum absolute atomic E-state index is 8.81. The van der Waals surface area contributed by atoms with Crippen LogP contribution in [0, 0.1) is 0 Å². The molecule has 78 valence electrons. The highest BCUT2D eigenvalue weighted by molar-refractivity contribution is 7.69. The summed E-state index contributed by atoms with van der Waals surface area (Å²) in [5, 5.41) is 10.6. The molecule has 1 fully saturated rings. The second kappa shape index (κ2) is 9.43. The fourth-order valence-electron chi connectivity index (χ4n) is 0.440. The number of nitrogens with one attached hydrogen (secondary N) is 1. The number of hydrogen-bond acceptors (Lipinski definition) is 5. The number of oxime groups is 1. The van der Waals surface area contributed by atoms with E-state index in [4.69, 9.17) is 8.42 Å². The van der Waals surface area contributed by atoms with Crippen LogP contribution in [-0.4, -0.2) is 34.3 Å². The SMILES string of the molecule is C1=NOCC1.C1CNC1.N[SH](=O)=O. The molecule has 7 heteroatoms. The van der Waals surface area contributed by atoms with Gasteiger partial charge in [0.1, 0.15) is 6.61 Å². The van der Waals surface area contributed by atoms with Crippen LogP contribution in [0.1, 0.15) is 12.8 Å². The first kappa shape index (κ1) is 12.3. The van der Waals surface area contributed by atoms with Gasteiger partial charge in [0.2, 0.25) is 0 Å². The third kappa shape index (κ3) is 14.2. The summed E-state index contributed by atoms with van der Waals surface area (Å²) in [6.07, 6.45) is 4.14. The van der Waals surface area contributed by atoms with Gasteiger partial charge in [-0.2, -0.15) is 0 Å². The van der Waals surface area contributed by atoms with Crippen LogP contribution in [0.25, 0.3) is 0 Å². The first-order chi connectivity index (χ1) is 6.23. The van der Waals surface area contributed by atoms with Gasteiger partial charge in [-0.15, -0.1) is 0 Å². The summed E-state index contributed by atoms with van der Waals surface area (Å²) in [6, 6.07) is 0. The molecule has 6 nitrogen and oxygen atoms in total. The molecule has 0 aliphatic carbocycles. The molecule has 2 aliphatic rings. The first-order valence-corrected chi connectivity index (χ1v) is 5.21. The third-order valence-electron chi connectivity index (χ3n) is 1.19. The molecule has 0 radical (unpaired) electrons. The van der Waals surface area contributed by atoms with Gasteiger partial charge < -0.3 is 10.2 Å². The molecule has 1 saturated heterocycles. The zero-order valence-electron chi connectivity index (χ0n) is 7.31. The van der Waals surface area contributed by atoms with Crippen molar-refractivity contribution in [1.82, 2.24) is 5.32 Å². The van der Waals surface area contributed by atoms with Gasteiger partial charge >= 0.3 is 0 Å². The highest BCUT2D eigenvalue weighted by Gasteiger charge is 1.92. The van der Waals surface area contributed by atoms with Crippen LogP contribution >= 0.6 is 0 Å². The lowest BCUT2D eigenvalue weighted by Crippen LogP contribution is -2.29. The molecule has 0 aromatic carbocycles. The number of hydrogen-bond donors (Lipinski definition) is 3. The Morgan fingerprint density at radius 2 is 1.92 bits per heavy atom. The molecule has 2 rings (SSSR count). The van der Waals surface area contributed by atoms with E-state index in [0.29, 0.717) is 0 Å². The van der Waals surface area contributed by atoms with Crippen LogP contribution < -0.4 is 10.5 Å². The quantitative estimate of drug-likeness (QED) is 0.439. The minimum atomic E-state index is -2.62. The summed E-state index contributed by atoms with van der Waals surface area (Å²) < 4.78 is 17.6. The summed E-state index contributed by atoms with van der Waals surface area (Å²) >= 11 is 0. The number of thiol groups is 1. The summed E-state index contributed by atoms with van der Waals surface area (Å²) in [7, 11) is -2.62. The fourth-order valence-corrected chi connectivity index (χ4v) is 0.440. The van der Waals surface area contributed by atoms with E-state index in [1.807, 2.05) is 0 Å². The Hall–Kier alpha value is -0.660. The lowest BCUT2D eigenvalue weighted by Gasteiger charge is -2.09. The van der Waals surface area contributed by atoms with Crippen molar-refractivity contribution in [3.63, 3.8) is 0 Å². The minimum absolute atomic E-state index is 0.778. The predicted molar refractivity (Wildman–Crippen MR) is 51.0 cm³/mol. The van der Waals surface area contributed by atoms with E-state index in [9.17, 15) is 0 Å². The van der Waals surface area contributed by atoms with Gasteiger partial charge in [0.05, 0.1) is 0 Å². The predicted octanol–water partition coefficient (Wildman–Crippen LogP) is -1.16. The summed E-state index contributed by atoms with van der Waals surface area (Å²) in [6.45, 7) is 3.28. The summed E-state index contributed by atoms with van der Waals surface area (Å²) in [5.74, 6) is 0. The second-order valence-corrected chi connectivity index (χ2v) is 2.87. The average molecular weight is 209 g/mol. The molecular weight excluding hydrogens is 194 g/mol. The van der Waals surface area contributed by atoms with Crippen LogP contribution in [0.5, 0.6) is 0 Å². The van der Waals surface area contributed by atoms with Gasteiger partial charge in [0.15, 0.2) is 10.9 Å².